The van der Waals surface area contributed by atoms with E-state index in [2.05, 4.69) is 24.4 Å². The van der Waals surface area contributed by atoms with Crippen molar-refractivity contribution in [1.29, 1.82) is 0 Å². The van der Waals surface area contributed by atoms with Crippen LogP contribution in [0.15, 0.2) is 53.4 Å². The fraction of sp³-hybridized carbons (Fsp3) is 0.500. The lowest BCUT2D eigenvalue weighted by Crippen LogP contribution is -2.51. The van der Waals surface area contributed by atoms with Gasteiger partial charge in [0.05, 0.1) is 0 Å². The molecule has 0 radical (unpaired) electrons. The third-order valence-corrected chi connectivity index (χ3v) is 7.91. The number of amides is 2. The van der Waals surface area contributed by atoms with Crippen molar-refractivity contribution in [2.24, 2.45) is 0 Å². The van der Waals surface area contributed by atoms with Crippen molar-refractivity contribution >= 4 is 35.2 Å². The molecule has 0 aliphatic heterocycles. The van der Waals surface area contributed by atoms with Crippen LogP contribution in [0, 0.1) is 6.92 Å². The number of carbonyl (C=O) groups is 2. The van der Waals surface area contributed by atoms with Crippen LogP contribution >= 0.6 is 23.4 Å². The highest BCUT2D eigenvalue weighted by molar-refractivity contribution is 7.99. The molecule has 3 rings (SSSR count). The second-order valence-corrected chi connectivity index (χ2v) is 10.7. The number of carbonyl (C=O) groups excluding carboxylic acids is 2. The zero-order valence-electron chi connectivity index (χ0n) is 20.4. The zero-order chi connectivity index (χ0) is 24.3. The van der Waals surface area contributed by atoms with Gasteiger partial charge in [-0.2, -0.15) is 0 Å². The second kappa shape index (κ2) is 13.8. The monoisotopic (exact) mass is 500 g/mol. The van der Waals surface area contributed by atoms with E-state index in [9.17, 15) is 9.59 Å². The number of benzene rings is 2. The van der Waals surface area contributed by atoms with Crippen LogP contribution in [0.4, 0.5) is 0 Å². The van der Waals surface area contributed by atoms with E-state index in [0.717, 1.165) is 46.1 Å². The summed E-state index contributed by atoms with van der Waals surface area (Å²) in [5, 5.41) is 3.98. The van der Waals surface area contributed by atoms with E-state index in [1.165, 1.54) is 19.3 Å². The first-order valence-electron chi connectivity index (χ1n) is 12.5. The Kier molecular flexibility index (Phi) is 10.8. The van der Waals surface area contributed by atoms with Crippen LogP contribution in [0.2, 0.25) is 5.02 Å². The predicted octanol–water partition coefficient (Wildman–Crippen LogP) is 6.78. The lowest BCUT2D eigenvalue weighted by molar-refractivity contribution is -0.141. The first-order valence-corrected chi connectivity index (χ1v) is 13.9. The van der Waals surface area contributed by atoms with Crippen molar-refractivity contribution in [2.75, 3.05) is 5.75 Å². The number of hydrogen-bond donors (Lipinski definition) is 1. The van der Waals surface area contributed by atoms with Gasteiger partial charge in [0.2, 0.25) is 11.8 Å². The van der Waals surface area contributed by atoms with E-state index < -0.39 is 6.04 Å². The summed E-state index contributed by atoms with van der Waals surface area (Å²) in [6, 6.07) is 15.7. The highest BCUT2D eigenvalue weighted by Gasteiger charge is 2.30. The van der Waals surface area contributed by atoms with Crippen LogP contribution in [0.1, 0.15) is 69.4 Å². The molecule has 1 aliphatic carbocycles. The Bertz CT molecular complexity index is 928. The second-order valence-electron chi connectivity index (χ2n) is 9.12. The van der Waals surface area contributed by atoms with Crippen molar-refractivity contribution in [3.05, 3.63) is 64.7 Å². The molecule has 0 aromatic heterocycles. The van der Waals surface area contributed by atoms with Gasteiger partial charge in [0.15, 0.2) is 0 Å². The van der Waals surface area contributed by atoms with E-state index in [0.29, 0.717) is 19.4 Å². The number of rotatable bonds is 11. The van der Waals surface area contributed by atoms with Gasteiger partial charge in [-0.05, 0) is 73.8 Å². The highest BCUT2D eigenvalue weighted by atomic mass is 35.5. The molecule has 1 saturated carbocycles. The minimum absolute atomic E-state index is 0.00752. The van der Waals surface area contributed by atoms with Gasteiger partial charge < -0.3 is 10.2 Å². The molecule has 6 heteroatoms. The van der Waals surface area contributed by atoms with Crippen molar-refractivity contribution in [2.45, 2.75) is 88.7 Å². The molecule has 2 amide bonds. The van der Waals surface area contributed by atoms with E-state index in [4.69, 9.17) is 11.6 Å². The van der Waals surface area contributed by atoms with E-state index >= 15 is 0 Å². The topological polar surface area (TPSA) is 49.4 Å². The molecule has 0 bridgehead atoms. The molecule has 0 spiro atoms. The van der Waals surface area contributed by atoms with E-state index in [-0.39, 0.29) is 17.9 Å². The quantitative estimate of drug-likeness (QED) is 0.273. The predicted molar refractivity (Wildman–Crippen MR) is 142 cm³/mol. The number of aryl methyl sites for hydroxylation is 1. The number of thioether (sulfide) groups is 1. The fourth-order valence-electron chi connectivity index (χ4n) is 4.52. The molecular weight excluding hydrogens is 464 g/mol. The van der Waals surface area contributed by atoms with Crippen molar-refractivity contribution in [1.82, 2.24) is 10.2 Å². The third-order valence-electron chi connectivity index (χ3n) is 6.56. The summed E-state index contributed by atoms with van der Waals surface area (Å²) < 4.78 is 0. The molecule has 1 unspecified atom stereocenters. The number of nitrogens with zero attached hydrogens (tertiary/aromatic N) is 1. The maximum absolute atomic E-state index is 13.4. The molecule has 0 heterocycles. The summed E-state index contributed by atoms with van der Waals surface area (Å²) in [5.74, 6) is 0.883. The van der Waals surface area contributed by atoms with Crippen molar-refractivity contribution < 1.29 is 9.59 Å². The van der Waals surface area contributed by atoms with Gasteiger partial charge >= 0.3 is 0 Å². The standard InChI is InChI=1S/C28H37ClN2O2S/c1-3-26(28(33)30-24-12-5-4-6-13-24)31(20-22-11-8-7-10-21(22)2)27(32)14-9-19-34-25-17-15-23(29)16-18-25/h7-8,10-11,15-18,24,26H,3-6,9,12-14,19-20H2,1-2H3,(H,30,33). The number of hydrogen-bond acceptors (Lipinski definition) is 3. The molecular formula is C28H37ClN2O2S. The summed E-state index contributed by atoms with van der Waals surface area (Å²) in [7, 11) is 0. The van der Waals surface area contributed by atoms with Gasteiger partial charge in [-0.25, -0.2) is 0 Å². The Morgan fingerprint density at radius 2 is 1.79 bits per heavy atom. The molecule has 1 atom stereocenters. The molecule has 4 nitrogen and oxygen atoms in total. The smallest absolute Gasteiger partial charge is 0.243 e. The van der Waals surface area contributed by atoms with Gasteiger partial charge in [-0.1, -0.05) is 62.1 Å². The minimum Gasteiger partial charge on any atom is -0.352 e. The Hall–Kier alpha value is -1.98. The largest absolute Gasteiger partial charge is 0.352 e. The van der Waals surface area contributed by atoms with Gasteiger partial charge in [0, 0.05) is 28.9 Å². The van der Waals surface area contributed by atoms with Crippen molar-refractivity contribution in [3.63, 3.8) is 0 Å². The molecule has 34 heavy (non-hydrogen) atoms. The average Bonchev–Trinajstić information content (AvgIpc) is 2.84. The van der Waals surface area contributed by atoms with Crippen LogP contribution in [0.3, 0.4) is 0 Å². The van der Waals surface area contributed by atoms with Gasteiger partial charge in [0.25, 0.3) is 0 Å². The van der Waals surface area contributed by atoms with Crippen LogP contribution < -0.4 is 5.32 Å². The third kappa shape index (κ3) is 8.06. The lowest BCUT2D eigenvalue weighted by atomic mass is 9.95. The average molecular weight is 501 g/mol. The summed E-state index contributed by atoms with van der Waals surface area (Å²) in [4.78, 5) is 29.7. The van der Waals surface area contributed by atoms with Crippen LogP contribution in [0.5, 0.6) is 0 Å². The molecule has 1 aliphatic rings. The first-order chi connectivity index (χ1) is 16.5. The maximum atomic E-state index is 13.4. The lowest BCUT2D eigenvalue weighted by Gasteiger charge is -2.33. The highest BCUT2D eigenvalue weighted by Crippen LogP contribution is 2.23. The van der Waals surface area contributed by atoms with E-state index in [1.54, 1.807) is 11.8 Å². The molecule has 184 valence electrons. The first kappa shape index (κ1) is 26.6. The summed E-state index contributed by atoms with van der Waals surface area (Å²) in [5.41, 5.74) is 2.23. The van der Waals surface area contributed by atoms with Crippen LogP contribution in [0.25, 0.3) is 0 Å². The number of halogens is 1. The Morgan fingerprint density at radius 3 is 2.47 bits per heavy atom. The number of nitrogens with one attached hydrogen (secondary N) is 1. The Labute approximate surface area is 213 Å². The van der Waals surface area contributed by atoms with Crippen LogP contribution in [-0.2, 0) is 16.1 Å². The van der Waals surface area contributed by atoms with Gasteiger partial charge in [0.1, 0.15) is 6.04 Å². The zero-order valence-corrected chi connectivity index (χ0v) is 22.0. The van der Waals surface area contributed by atoms with Gasteiger partial charge in [-0.3, -0.25) is 9.59 Å². The minimum atomic E-state index is -0.446. The molecule has 2 aromatic rings. The van der Waals surface area contributed by atoms with Gasteiger partial charge in [-0.15, -0.1) is 11.8 Å². The normalized spacial score (nSPS) is 15.0. The maximum Gasteiger partial charge on any atom is 0.243 e. The van der Waals surface area contributed by atoms with Crippen LogP contribution in [-0.4, -0.2) is 34.6 Å². The molecule has 1 fully saturated rings. The molecule has 0 saturated heterocycles. The van der Waals surface area contributed by atoms with Crippen molar-refractivity contribution in [3.8, 4) is 0 Å². The Balaban J connectivity index is 1.65. The summed E-state index contributed by atoms with van der Waals surface area (Å²) in [6.45, 7) is 4.52. The summed E-state index contributed by atoms with van der Waals surface area (Å²) >= 11 is 7.69. The molecule has 2 aromatic carbocycles. The summed E-state index contributed by atoms with van der Waals surface area (Å²) in [6.07, 6.45) is 7.45. The van der Waals surface area contributed by atoms with E-state index in [1.807, 2.05) is 48.2 Å². The SMILES string of the molecule is CCC(C(=O)NC1CCCCC1)N(Cc1ccccc1C)C(=O)CCCSc1ccc(Cl)cc1. The fourth-order valence-corrected chi connectivity index (χ4v) is 5.50. The Morgan fingerprint density at radius 1 is 1.09 bits per heavy atom. The molecule has 1 N–H and O–H groups in total.